The molecular formula is C23H25N3O4. The average molecular weight is 407 g/mol. The lowest BCUT2D eigenvalue weighted by Crippen LogP contribution is -2.42. The minimum Gasteiger partial charge on any atom is -0.467 e. The van der Waals surface area contributed by atoms with Gasteiger partial charge in [0.2, 0.25) is 0 Å². The Labute approximate surface area is 175 Å². The van der Waals surface area contributed by atoms with Gasteiger partial charge in [-0.25, -0.2) is 0 Å². The number of carbonyl (C=O) groups is 3. The Balaban J connectivity index is 1.34. The summed E-state index contributed by atoms with van der Waals surface area (Å²) in [6, 6.07) is 8.54. The molecule has 4 heterocycles. The molecule has 3 aliphatic rings. The third kappa shape index (κ3) is 3.33. The number of rotatable bonds is 5. The molecule has 0 spiro atoms. The molecule has 0 saturated carbocycles. The topological polar surface area (TPSA) is 74.1 Å². The highest BCUT2D eigenvalue weighted by Gasteiger charge is 2.38. The van der Waals surface area contributed by atoms with Gasteiger partial charge in [0, 0.05) is 24.7 Å². The van der Waals surface area contributed by atoms with Crippen molar-refractivity contribution in [1.82, 2.24) is 14.7 Å². The van der Waals surface area contributed by atoms with E-state index in [-0.39, 0.29) is 30.3 Å². The molecule has 2 aromatic rings. The van der Waals surface area contributed by atoms with Crippen LogP contribution in [-0.2, 0) is 6.54 Å². The number of likely N-dealkylation sites (tertiary alicyclic amines) is 2. The van der Waals surface area contributed by atoms with E-state index in [0.717, 1.165) is 39.0 Å². The van der Waals surface area contributed by atoms with E-state index in [1.54, 1.807) is 30.3 Å². The Hall–Kier alpha value is -2.93. The molecule has 1 aromatic carbocycles. The van der Waals surface area contributed by atoms with Gasteiger partial charge < -0.3 is 14.2 Å². The molecule has 1 atom stereocenters. The first-order valence-electron chi connectivity index (χ1n) is 10.7. The first kappa shape index (κ1) is 19.1. The number of imide groups is 1. The van der Waals surface area contributed by atoms with Crippen LogP contribution < -0.4 is 0 Å². The van der Waals surface area contributed by atoms with Gasteiger partial charge in [0.1, 0.15) is 5.76 Å². The zero-order valence-corrected chi connectivity index (χ0v) is 16.9. The number of hydrogen-bond acceptors (Lipinski definition) is 5. The predicted octanol–water partition coefficient (Wildman–Crippen LogP) is 2.78. The minimum atomic E-state index is -0.379. The van der Waals surface area contributed by atoms with Crippen LogP contribution in [0.2, 0.25) is 0 Å². The predicted molar refractivity (Wildman–Crippen MR) is 109 cm³/mol. The highest BCUT2D eigenvalue weighted by molar-refractivity contribution is 6.22. The van der Waals surface area contributed by atoms with Crippen LogP contribution in [0.5, 0.6) is 0 Å². The average Bonchev–Trinajstić information content (AvgIpc) is 3.55. The Bertz CT molecular complexity index is 978. The summed E-state index contributed by atoms with van der Waals surface area (Å²) in [6.45, 7) is 3.97. The van der Waals surface area contributed by atoms with Crippen molar-refractivity contribution in [1.29, 1.82) is 0 Å². The van der Waals surface area contributed by atoms with Crippen molar-refractivity contribution >= 4 is 17.7 Å². The van der Waals surface area contributed by atoms with E-state index in [1.165, 1.54) is 24.0 Å². The van der Waals surface area contributed by atoms with E-state index < -0.39 is 0 Å². The number of carbonyl (C=O) groups excluding carboxylic acids is 3. The summed E-state index contributed by atoms with van der Waals surface area (Å²) in [5, 5.41) is 0. The smallest absolute Gasteiger partial charge is 0.261 e. The van der Waals surface area contributed by atoms with Gasteiger partial charge in [0.25, 0.3) is 17.7 Å². The van der Waals surface area contributed by atoms with E-state index in [2.05, 4.69) is 4.90 Å². The molecular weight excluding hydrogens is 382 g/mol. The molecule has 0 bridgehead atoms. The minimum absolute atomic E-state index is 0.0516. The van der Waals surface area contributed by atoms with Gasteiger partial charge in [-0.1, -0.05) is 0 Å². The SMILES string of the molecule is O=C1c2ccc(C(=O)N3CCCC3CN3CCCC3)cc2C(=O)N1Cc1ccco1. The quantitative estimate of drug-likeness (QED) is 0.713. The van der Waals surface area contributed by atoms with Crippen molar-refractivity contribution in [3.05, 3.63) is 59.0 Å². The fourth-order valence-electron chi connectivity index (χ4n) is 4.85. The highest BCUT2D eigenvalue weighted by atomic mass is 16.3. The van der Waals surface area contributed by atoms with E-state index in [1.807, 2.05) is 4.90 Å². The second-order valence-electron chi connectivity index (χ2n) is 8.34. The lowest BCUT2D eigenvalue weighted by Gasteiger charge is -2.28. The second kappa shape index (κ2) is 7.72. The van der Waals surface area contributed by atoms with Crippen LogP contribution in [0.25, 0.3) is 0 Å². The summed E-state index contributed by atoms with van der Waals surface area (Å²) in [6.07, 6.45) is 6.00. The molecule has 7 heteroatoms. The Morgan fingerprint density at radius 1 is 1.00 bits per heavy atom. The van der Waals surface area contributed by atoms with E-state index >= 15 is 0 Å². The van der Waals surface area contributed by atoms with Crippen molar-refractivity contribution in [2.75, 3.05) is 26.2 Å². The molecule has 2 saturated heterocycles. The molecule has 7 nitrogen and oxygen atoms in total. The second-order valence-corrected chi connectivity index (χ2v) is 8.34. The van der Waals surface area contributed by atoms with Crippen molar-refractivity contribution in [3.8, 4) is 0 Å². The van der Waals surface area contributed by atoms with Gasteiger partial charge in [0.05, 0.1) is 23.9 Å². The Kier molecular flexibility index (Phi) is 4.90. The molecule has 2 fully saturated rings. The number of nitrogens with zero attached hydrogens (tertiary/aromatic N) is 3. The monoisotopic (exact) mass is 407 g/mol. The van der Waals surface area contributed by atoms with Crippen molar-refractivity contribution in [2.24, 2.45) is 0 Å². The molecule has 30 heavy (non-hydrogen) atoms. The zero-order valence-electron chi connectivity index (χ0n) is 16.9. The van der Waals surface area contributed by atoms with Crippen molar-refractivity contribution < 1.29 is 18.8 Å². The maximum atomic E-state index is 13.2. The van der Waals surface area contributed by atoms with Crippen molar-refractivity contribution in [3.63, 3.8) is 0 Å². The molecule has 3 amide bonds. The van der Waals surface area contributed by atoms with Crippen LogP contribution in [0.4, 0.5) is 0 Å². The first-order valence-corrected chi connectivity index (χ1v) is 10.7. The van der Waals surface area contributed by atoms with Gasteiger partial charge >= 0.3 is 0 Å². The Morgan fingerprint density at radius 2 is 1.80 bits per heavy atom. The highest BCUT2D eigenvalue weighted by Crippen LogP contribution is 2.28. The van der Waals surface area contributed by atoms with Gasteiger partial charge in [-0.3, -0.25) is 19.3 Å². The van der Waals surface area contributed by atoms with Crippen LogP contribution >= 0.6 is 0 Å². The van der Waals surface area contributed by atoms with Crippen LogP contribution in [0.15, 0.2) is 41.0 Å². The summed E-state index contributed by atoms with van der Waals surface area (Å²) in [5.41, 5.74) is 1.12. The number of furan rings is 1. The lowest BCUT2D eigenvalue weighted by atomic mass is 10.0. The molecule has 0 N–H and O–H groups in total. The van der Waals surface area contributed by atoms with Gasteiger partial charge in [0.15, 0.2) is 0 Å². The third-order valence-corrected chi connectivity index (χ3v) is 6.42. The van der Waals surface area contributed by atoms with Crippen LogP contribution in [0.1, 0.15) is 62.5 Å². The molecule has 3 aliphatic heterocycles. The summed E-state index contributed by atoms with van der Waals surface area (Å²) < 4.78 is 5.28. The molecule has 1 unspecified atom stereocenters. The zero-order chi connectivity index (χ0) is 20.7. The summed E-state index contributed by atoms with van der Waals surface area (Å²) >= 11 is 0. The third-order valence-electron chi connectivity index (χ3n) is 6.42. The number of hydrogen-bond donors (Lipinski definition) is 0. The van der Waals surface area contributed by atoms with Crippen LogP contribution in [0.3, 0.4) is 0 Å². The largest absolute Gasteiger partial charge is 0.467 e. The first-order chi connectivity index (χ1) is 14.6. The van der Waals surface area contributed by atoms with Crippen molar-refractivity contribution in [2.45, 2.75) is 38.3 Å². The maximum absolute atomic E-state index is 13.2. The molecule has 156 valence electrons. The molecule has 1 aromatic heterocycles. The fraction of sp³-hybridized carbons (Fsp3) is 0.435. The maximum Gasteiger partial charge on any atom is 0.261 e. The number of amides is 3. The standard InChI is InChI=1S/C23H25N3O4/c27-21(25-11-3-5-17(25)14-24-9-1-2-10-24)16-7-8-19-20(13-16)23(29)26(22(19)28)15-18-6-4-12-30-18/h4,6-8,12-13,17H,1-3,5,9-11,14-15H2. The number of benzene rings is 1. The summed E-state index contributed by atoms with van der Waals surface area (Å²) in [4.78, 5) is 44.3. The van der Waals surface area contributed by atoms with Crippen LogP contribution in [0, 0.1) is 0 Å². The summed E-state index contributed by atoms with van der Waals surface area (Å²) in [7, 11) is 0. The van der Waals surface area contributed by atoms with Gasteiger partial charge in [-0.05, 0) is 69.1 Å². The van der Waals surface area contributed by atoms with E-state index in [4.69, 9.17) is 4.42 Å². The fourth-order valence-corrected chi connectivity index (χ4v) is 4.85. The summed E-state index contributed by atoms with van der Waals surface area (Å²) in [5.74, 6) is -0.235. The van der Waals surface area contributed by atoms with Gasteiger partial charge in [-0.15, -0.1) is 0 Å². The molecule has 5 rings (SSSR count). The van der Waals surface area contributed by atoms with Gasteiger partial charge in [-0.2, -0.15) is 0 Å². The molecule has 0 radical (unpaired) electrons. The van der Waals surface area contributed by atoms with E-state index in [9.17, 15) is 14.4 Å². The van der Waals surface area contributed by atoms with E-state index in [0.29, 0.717) is 22.5 Å². The normalized spacial score (nSPS) is 21.7. The Morgan fingerprint density at radius 3 is 2.57 bits per heavy atom. The molecule has 0 aliphatic carbocycles. The lowest BCUT2D eigenvalue weighted by molar-refractivity contribution is 0.0631. The van der Waals surface area contributed by atoms with Crippen LogP contribution in [-0.4, -0.2) is 64.6 Å². The number of fused-ring (bicyclic) bond motifs is 1.